The van der Waals surface area contributed by atoms with E-state index in [4.69, 9.17) is 9.84 Å². The van der Waals surface area contributed by atoms with Gasteiger partial charge in [0.25, 0.3) is 0 Å². The first-order valence-electron chi connectivity index (χ1n) is 4.50. The highest BCUT2D eigenvalue weighted by molar-refractivity contribution is 5.86. The molecule has 78 valence electrons. The van der Waals surface area contributed by atoms with Crippen molar-refractivity contribution in [3.8, 4) is 0 Å². The summed E-state index contributed by atoms with van der Waals surface area (Å²) < 4.78 is 5.34. The fourth-order valence-corrected chi connectivity index (χ4v) is 1.99. The van der Waals surface area contributed by atoms with Crippen LogP contribution >= 0.6 is 0 Å². The molecular weight excluding hydrogens is 184 g/mol. The third-order valence-electron chi connectivity index (χ3n) is 2.61. The van der Waals surface area contributed by atoms with Crippen molar-refractivity contribution >= 4 is 11.8 Å². The first kappa shape index (κ1) is 10.9. The summed E-state index contributed by atoms with van der Waals surface area (Å²) in [6.07, 6.45) is 0.533. The summed E-state index contributed by atoms with van der Waals surface area (Å²) in [5.41, 5.74) is 0. The Bertz CT molecular complexity index is 271. The van der Waals surface area contributed by atoms with Crippen LogP contribution in [0, 0.1) is 11.8 Å². The summed E-state index contributed by atoms with van der Waals surface area (Å²) in [7, 11) is 0. The lowest BCUT2D eigenvalue weighted by Crippen LogP contribution is -2.32. The van der Waals surface area contributed by atoms with Crippen LogP contribution in [0.2, 0.25) is 0 Å². The molecule has 1 fully saturated rings. The van der Waals surface area contributed by atoms with Gasteiger partial charge in [-0.05, 0) is 13.8 Å². The van der Waals surface area contributed by atoms with Gasteiger partial charge in [0.15, 0.2) is 0 Å². The van der Waals surface area contributed by atoms with Gasteiger partial charge in [-0.2, -0.15) is 0 Å². The number of rotatable bonds is 3. The lowest BCUT2D eigenvalue weighted by Gasteiger charge is -2.14. The number of aliphatic carboxylic acids is 1. The lowest BCUT2D eigenvalue weighted by molar-refractivity contribution is -0.145. The molecule has 0 aromatic heterocycles. The van der Waals surface area contributed by atoms with E-state index in [1.165, 1.54) is 13.0 Å². The molecule has 14 heavy (non-hydrogen) atoms. The average Bonchev–Trinajstić information content (AvgIpc) is 2.41. The molecule has 0 bridgehead atoms. The quantitative estimate of drug-likeness (QED) is 0.683. The van der Waals surface area contributed by atoms with Gasteiger partial charge in [-0.1, -0.05) is 6.08 Å². The molecule has 4 heteroatoms. The van der Waals surface area contributed by atoms with Crippen molar-refractivity contribution < 1.29 is 19.4 Å². The van der Waals surface area contributed by atoms with E-state index in [2.05, 4.69) is 6.58 Å². The molecule has 1 N–H and O–H groups in total. The highest BCUT2D eigenvalue weighted by Crippen LogP contribution is 2.34. The standard InChI is InChI=1S/C10H14O4/c1-4-7-9(10(12)13)8(5(2)11)6(3)14-7/h4,6-9H,1H2,2-3H3,(H,12,13). The van der Waals surface area contributed by atoms with Crippen molar-refractivity contribution in [3.63, 3.8) is 0 Å². The Balaban J connectivity index is 2.97. The molecule has 0 spiro atoms. The molecule has 1 saturated heterocycles. The predicted octanol–water partition coefficient (Wildman–Crippen LogP) is 0.866. The highest BCUT2D eigenvalue weighted by Gasteiger charge is 2.47. The number of Topliss-reactive ketones (excluding diaryl/α,β-unsaturated/α-hetero) is 1. The number of ketones is 1. The van der Waals surface area contributed by atoms with Gasteiger partial charge >= 0.3 is 5.97 Å². The van der Waals surface area contributed by atoms with Crippen LogP contribution in [0.15, 0.2) is 12.7 Å². The van der Waals surface area contributed by atoms with Gasteiger partial charge < -0.3 is 9.84 Å². The molecule has 1 heterocycles. The number of carbonyl (C=O) groups is 2. The second kappa shape index (κ2) is 3.92. The summed E-state index contributed by atoms with van der Waals surface area (Å²) in [5, 5.41) is 8.97. The summed E-state index contributed by atoms with van der Waals surface area (Å²) in [6.45, 7) is 6.61. The first-order valence-corrected chi connectivity index (χ1v) is 4.50. The van der Waals surface area contributed by atoms with E-state index in [1.54, 1.807) is 6.92 Å². The van der Waals surface area contributed by atoms with Gasteiger partial charge in [-0.3, -0.25) is 9.59 Å². The van der Waals surface area contributed by atoms with Crippen LogP contribution in [0.25, 0.3) is 0 Å². The predicted molar refractivity (Wildman–Crippen MR) is 49.8 cm³/mol. The molecule has 0 aromatic rings. The molecule has 0 radical (unpaired) electrons. The molecule has 0 aliphatic carbocycles. The van der Waals surface area contributed by atoms with E-state index in [9.17, 15) is 9.59 Å². The Kier molecular flexibility index (Phi) is 3.06. The summed E-state index contributed by atoms with van der Waals surface area (Å²) in [4.78, 5) is 22.2. The molecule has 4 nitrogen and oxygen atoms in total. The maximum absolute atomic E-state index is 11.3. The van der Waals surface area contributed by atoms with Crippen molar-refractivity contribution in [2.24, 2.45) is 11.8 Å². The zero-order valence-corrected chi connectivity index (χ0v) is 8.27. The number of ether oxygens (including phenoxy) is 1. The second-order valence-corrected chi connectivity index (χ2v) is 3.54. The average molecular weight is 198 g/mol. The number of carbonyl (C=O) groups excluding carboxylic acids is 1. The fourth-order valence-electron chi connectivity index (χ4n) is 1.99. The molecule has 0 amide bonds. The van der Waals surface area contributed by atoms with Crippen LogP contribution in [0.4, 0.5) is 0 Å². The number of hydrogen-bond donors (Lipinski definition) is 1. The van der Waals surface area contributed by atoms with Gasteiger partial charge in [-0.25, -0.2) is 0 Å². The summed E-state index contributed by atoms with van der Waals surface area (Å²) in [5.74, 6) is -2.50. The molecule has 0 aromatic carbocycles. The van der Waals surface area contributed by atoms with Crippen molar-refractivity contribution in [3.05, 3.63) is 12.7 Å². The van der Waals surface area contributed by atoms with E-state index < -0.39 is 23.9 Å². The van der Waals surface area contributed by atoms with Crippen LogP contribution in [0.5, 0.6) is 0 Å². The molecule has 1 aliphatic heterocycles. The largest absolute Gasteiger partial charge is 0.481 e. The third kappa shape index (κ3) is 1.70. The maximum Gasteiger partial charge on any atom is 0.310 e. The topological polar surface area (TPSA) is 63.6 Å². The minimum Gasteiger partial charge on any atom is -0.481 e. The number of hydrogen-bond acceptors (Lipinski definition) is 3. The van der Waals surface area contributed by atoms with E-state index in [-0.39, 0.29) is 11.9 Å². The Morgan fingerprint density at radius 2 is 2.00 bits per heavy atom. The zero-order chi connectivity index (χ0) is 10.9. The monoisotopic (exact) mass is 198 g/mol. The Morgan fingerprint density at radius 3 is 2.36 bits per heavy atom. The SMILES string of the molecule is C=CC1OC(C)C(C(C)=O)C1C(=O)O. The Morgan fingerprint density at radius 1 is 1.43 bits per heavy atom. The molecular formula is C10H14O4. The van der Waals surface area contributed by atoms with Crippen molar-refractivity contribution in [1.29, 1.82) is 0 Å². The number of carboxylic acids is 1. The van der Waals surface area contributed by atoms with Crippen LogP contribution in [-0.2, 0) is 14.3 Å². The molecule has 4 atom stereocenters. The summed E-state index contributed by atoms with van der Waals surface area (Å²) >= 11 is 0. The number of carboxylic acid groups (broad SMARTS) is 1. The molecule has 1 rings (SSSR count). The van der Waals surface area contributed by atoms with Gasteiger partial charge in [0.2, 0.25) is 0 Å². The molecule has 4 unspecified atom stereocenters. The maximum atomic E-state index is 11.3. The van der Waals surface area contributed by atoms with Gasteiger partial charge in [0.1, 0.15) is 5.78 Å². The molecule has 1 aliphatic rings. The lowest BCUT2D eigenvalue weighted by atomic mass is 9.85. The van der Waals surface area contributed by atoms with E-state index in [1.807, 2.05) is 0 Å². The van der Waals surface area contributed by atoms with E-state index >= 15 is 0 Å². The Hall–Kier alpha value is -1.16. The third-order valence-corrected chi connectivity index (χ3v) is 2.61. The van der Waals surface area contributed by atoms with Crippen molar-refractivity contribution in [1.82, 2.24) is 0 Å². The summed E-state index contributed by atoms with van der Waals surface area (Å²) in [6, 6.07) is 0. The smallest absolute Gasteiger partial charge is 0.310 e. The minimum atomic E-state index is -1.00. The molecule has 0 saturated carbocycles. The first-order chi connectivity index (χ1) is 6.49. The fraction of sp³-hybridized carbons (Fsp3) is 0.600. The minimum absolute atomic E-state index is 0.144. The van der Waals surface area contributed by atoms with E-state index in [0.29, 0.717) is 0 Å². The van der Waals surface area contributed by atoms with Crippen LogP contribution in [0.1, 0.15) is 13.8 Å². The van der Waals surface area contributed by atoms with Crippen LogP contribution in [-0.4, -0.2) is 29.1 Å². The van der Waals surface area contributed by atoms with Crippen LogP contribution in [0.3, 0.4) is 0 Å². The van der Waals surface area contributed by atoms with Crippen molar-refractivity contribution in [2.45, 2.75) is 26.1 Å². The van der Waals surface area contributed by atoms with Gasteiger partial charge in [-0.15, -0.1) is 6.58 Å². The second-order valence-electron chi connectivity index (χ2n) is 3.54. The van der Waals surface area contributed by atoms with Crippen molar-refractivity contribution in [2.75, 3.05) is 0 Å². The zero-order valence-electron chi connectivity index (χ0n) is 8.27. The normalized spacial score (nSPS) is 36.7. The highest BCUT2D eigenvalue weighted by atomic mass is 16.5. The van der Waals surface area contributed by atoms with Crippen LogP contribution < -0.4 is 0 Å². The Labute approximate surface area is 82.6 Å². The van der Waals surface area contributed by atoms with E-state index in [0.717, 1.165) is 0 Å². The van der Waals surface area contributed by atoms with Gasteiger partial charge in [0, 0.05) is 0 Å². The van der Waals surface area contributed by atoms with Gasteiger partial charge in [0.05, 0.1) is 24.0 Å².